The largest absolute Gasteiger partial charge is 0.480 e. The summed E-state index contributed by atoms with van der Waals surface area (Å²) in [7, 11) is 0. The first-order valence-electron chi connectivity index (χ1n) is 3.23. The number of carbonyl (C=O) groups is 2. The molecule has 0 bridgehead atoms. The van der Waals surface area contributed by atoms with Crippen molar-refractivity contribution in [3.8, 4) is 0 Å². The van der Waals surface area contributed by atoms with Crippen LogP contribution in [-0.2, 0) is 9.59 Å². The molecular formula is C6H12N2O3. The van der Waals surface area contributed by atoms with Gasteiger partial charge < -0.3 is 16.6 Å². The maximum Gasteiger partial charge on any atom is 0.320 e. The number of rotatable bonds is 4. The molecule has 0 fully saturated rings. The van der Waals surface area contributed by atoms with Crippen LogP contribution in [0.4, 0.5) is 0 Å². The SMILES string of the molecule is C[C@H](C[C@H](N)C(=O)O)C(N)=O. The van der Waals surface area contributed by atoms with E-state index in [1.807, 2.05) is 0 Å². The van der Waals surface area contributed by atoms with Gasteiger partial charge in [0.2, 0.25) is 5.91 Å². The highest BCUT2D eigenvalue weighted by molar-refractivity contribution is 5.78. The van der Waals surface area contributed by atoms with Crippen LogP contribution in [-0.4, -0.2) is 23.0 Å². The molecule has 1 amide bonds. The third-order valence-corrected chi connectivity index (χ3v) is 1.41. The second kappa shape index (κ2) is 3.92. The van der Waals surface area contributed by atoms with Gasteiger partial charge in [-0.1, -0.05) is 6.92 Å². The Balaban J connectivity index is 3.84. The van der Waals surface area contributed by atoms with E-state index in [0.29, 0.717) is 0 Å². The van der Waals surface area contributed by atoms with E-state index in [-0.39, 0.29) is 6.42 Å². The van der Waals surface area contributed by atoms with E-state index < -0.39 is 23.8 Å². The fraction of sp³-hybridized carbons (Fsp3) is 0.667. The summed E-state index contributed by atoms with van der Waals surface area (Å²) in [6, 6.07) is -1.00. The highest BCUT2D eigenvalue weighted by Crippen LogP contribution is 2.02. The van der Waals surface area contributed by atoms with E-state index >= 15 is 0 Å². The third-order valence-electron chi connectivity index (χ3n) is 1.41. The molecule has 0 rings (SSSR count). The molecule has 5 N–H and O–H groups in total. The average molecular weight is 160 g/mol. The Hall–Kier alpha value is -1.10. The molecular weight excluding hydrogens is 148 g/mol. The molecule has 2 atom stereocenters. The number of primary amides is 1. The van der Waals surface area contributed by atoms with Crippen molar-refractivity contribution in [2.75, 3.05) is 0 Å². The average Bonchev–Trinajstić information content (AvgIpc) is 1.87. The van der Waals surface area contributed by atoms with Gasteiger partial charge in [-0.3, -0.25) is 9.59 Å². The molecule has 0 unspecified atom stereocenters. The molecule has 64 valence electrons. The maximum absolute atomic E-state index is 10.4. The van der Waals surface area contributed by atoms with Crippen molar-refractivity contribution in [3.63, 3.8) is 0 Å². The molecule has 0 aromatic carbocycles. The third kappa shape index (κ3) is 3.57. The first-order chi connectivity index (χ1) is 4.95. The smallest absolute Gasteiger partial charge is 0.320 e. The van der Waals surface area contributed by atoms with Crippen LogP contribution in [0.15, 0.2) is 0 Å². The van der Waals surface area contributed by atoms with Crippen LogP contribution in [0, 0.1) is 5.92 Å². The summed E-state index contributed by atoms with van der Waals surface area (Å²) in [5.41, 5.74) is 10.0. The monoisotopic (exact) mass is 160 g/mol. The molecule has 11 heavy (non-hydrogen) atoms. The summed E-state index contributed by atoms with van der Waals surface area (Å²) in [6.07, 6.45) is 0.0880. The van der Waals surface area contributed by atoms with Gasteiger partial charge in [-0.25, -0.2) is 0 Å². The van der Waals surface area contributed by atoms with Gasteiger partial charge >= 0.3 is 5.97 Å². The second-order valence-corrected chi connectivity index (χ2v) is 2.48. The molecule has 0 spiro atoms. The van der Waals surface area contributed by atoms with Crippen molar-refractivity contribution in [2.45, 2.75) is 19.4 Å². The fourth-order valence-electron chi connectivity index (χ4n) is 0.598. The van der Waals surface area contributed by atoms with Crippen LogP contribution in [0.3, 0.4) is 0 Å². The van der Waals surface area contributed by atoms with E-state index in [4.69, 9.17) is 16.6 Å². The van der Waals surface area contributed by atoms with Crippen LogP contribution < -0.4 is 11.5 Å². The minimum Gasteiger partial charge on any atom is -0.480 e. The van der Waals surface area contributed by atoms with Crippen molar-refractivity contribution in [1.82, 2.24) is 0 Å². The van der Waals surface area contributed by atoms with Gasteiger partial charge in [0.25, 0.3) is 0 Å². The lowest BCUT2D eigenvalue weighted by atomic mass is 10.0. The summed E-state index contributed by atoms with van der Waals surface area (Å²) < 4.78 is 0. The lowest BCUT2D eigenvalue weighted by Crippen LogP contribution is -2.35. The zero-order valence-electron chi connectivity index (χ0n) is 6.28. The number of carboxylic acid groups (broad SMARTS) is 1. The van der Waals surface area contributed by atoms with E-state index in [2.05, 4.69) is 0 Å². The van der Waals surface area contributed by atoms with Gasteiger partial charge in [-0.05, 0) is 6.42 Å². The van der Waals surface area contributed by atoms with Crippen molar-refractivity contribution in [2.24, 2.45) is 17.4 Å². The Bertz CT molecular complexity index is 151. The molecule has 0 aromatic rings. The van der Waals surface area contributed by atoms with Crippen LogP contribution >= 0.6 is 0 Å². The van der Waals surface area contributed by atoms with Crippen molar-refractivity contribution < 1.29 is 14.7 Å². The van der Waals surface area contributed by atoms with E-state index in [9.17, 15) is 9.59 Å². The second-order valence-electron chi connectivity index (χ2n) is 2.48. The molecule has 0 radical (unpaired) electrons. The van der Waals surface area contributed by atoms with Crippen molar-refractivity contribution >= 4 is 11.9 Å². The molecule has 0 aliphatic heterocycles. The molecule has 0 aromatic heterocycles. The zero-order chi connectivity index (χ0) is 9.02. The summed E-state index contributed by atoms with van der Waals surface area (Å²) in [5, 5.41) is 8.34. The molecule has 5 nitrogen and oxygen atoms in total. The Morgan fingerprint density at radius 3 is 2.27 bits per heavy atom. The predicted molar refractivity (Wildman–Crippen MR) is 38.6 cm³/mol. The molecule has 0 saturated carbocycles. The first kappa shape index (κ1) is 9.90. The number of aliphatic carboxylic acids is 1. The number of amides is 1. The lowest BCUT2D eigenvalue weighted by Gasteiger charge is -2.09. The Labute approximate surface area is 64.4 Å². The fourth-order valence-corrected chi connectivity index (χ4v) is 0.598. The topological polar surface area (TPSA) is 106 Å². The first-order valence-corrected chi connectivity index (χ1v) is 3.23. The summed E-state index contributed by atoms with van der Waals surface area (Å²) >= 11 is 0. The van der Waals surface area contributed by atoms with Gasteiger partial charge in [0.15, 0.2) is 0 Å². The molecule has 0 aliphatic carbocycles. The number of carboxylic acids is 1. The van der Waals surface area contributed by atoms with Gasteiger partial charge in [0, 0.05) is 5.92 Å². The highest BCUT2D eigenvalue weighted by Gasteiger charge is 2.18. The van der Waals surface area contributed by atoms with Gasteiger partial charge in [0.1, 0.15) is 6.04 Å². The number of nitrogens with two attached hydrogens (primary N) is 2. The number of hydrogen-bond donors (Lipinski definition) is 3. The van der Waals surface area contributed by atoms with Gasteiger partial charge in [0.05, 0.1) is 0 Å². The van der Waals surface area contributed by atoms with Gasteiger partial charge in [-0.2, -0.15) is 0 Å². The van der Waals surface area contributed by atoms with Crippen molar-refractivity contribution in [1.29, 1.82) is 0 Å². The highest BCUT2D eigenvalue weighted by atomic mass is 16.4. The Morgan fingerprint density at radius 2 is 2.00 bits per heavy atom. The zero-order valence-corrected chi connectivity index (χ0v) is 6.28. The number of carbonyl (C=O) groups excluding carboxylic acids is 1. The molecule has 0 heterocycles. The lowest BCUT2D eigenvalue weighted by molar-refractivity contribution is -0.139. The maximum atomic E-state index is 10.4. The predicted octanol–water partition coefficient (Wildman–Crippen LogP) is -1.09. The van der Waals surface area contributed by atoms with Crippen LogP contribution in [0.2, 0.25) is 0 Å². The van der Waals surface area contributed by atoms with Crippen LogP contribution in [0.5, 0.6) is 0 Å². The van der Waals surface area contributed by atoms with Crippen molar-refractivity contribution in [3.05, 3.63) is 0 Å². The quantitative estimate of drug-likeness (QED) is 0.485. The van der Waals surface area contributed by atoms with E-state index in [1.54, 1.807) is 6.92 Å². The molecule has 0 saturated heterocycles. The molecule has 0 aliphatic rings. The number of hydrogen-bond acceptors (Lipinski definition) is 3. The Morgan fingerprint density at radius 1 is 1.55 bits per heavy atom. The van der Waals surface area contributed by atoms with Crippen LogP contribution in [0.25, 0.3) is 0 Å². The summed E-state index contributed by atoms with van der Waals surface area (Å²) in [4.78, 5) is 20.6. The summed E-state index contributed by atoms with van der Waals surface area (Å²) in [6.45, 7) is 1.55. The molecule has 5 heteroatoms. The standard InChI is InChI=1S/C6H12N2O3/c1-3(5(8)9)2-4(7)6(10)11/h3-4H,2,7H2,1H3,(H2,8,9)(H,10,11)/t3-,4+/m1/s1. The minimum absolute atomic E-state index is 0.0880. The summed E-state index contributed by atoms with van der Waals surface area (Å²) in [5.74, 6) is -2.12. The van der Waals surface area contributed by atoms with Crippen LogP contribution in [0.1, 0.15) is 13.3 Å². The minimum atomic E-state index is -1.11. The Kier molecular flexibility index (Phi) is 3.53. The normalized spacial score (nSPS) is 15.5. The van der Waals surface area contributed by atoms with Gasteiger partial charge in [-0.15, -0.1) is 0 Å². The van der Waals surface area contributed by atoms with E-state index in [0.717, 1.165) is 0 Å². The van der Waals surface area contributed by atoms with E-state index in [1.165, 1.54) is 0 Å².